The summed E-state index contributed by atoms with van der Waals surface area (Å²) in [6, 6.07) is 9.30. The minimum absolute atomic E-state index is 0.310. The fourth-order valence-corrected chi connectivity index (χ4v) is 3.52. The molecular formula is C20H17ClF3NO3. The molecule has 0 aromatic heterocycles. The second-order valence-corrected chi connectivity index (χ2v) is 7.46. The Morgan fingerprint density at radius 2 is 2.00 bits per heavy atom. The Bertz CT molecular complexity index is 951. The topological polar surface area (TPSA) is 58.9 Å². The number of carboxylic acids is 1. The Labute approximate surface area is 164 Å². The van der Waals surface area contributed by atoms with Gasteiger partial charge >= 0.3 is 12.1 Å². The number of hydrogen-bond donors (Lipinski definition) is 1. The van der Waals surface area contributed by atoms with Gasteiger partial charge < -0.3 is 9.94 Å². The Morgan fingerprint density at radius 3 is 2.61 bits per heavy atom. The maximum atomic E-state index is 12.9. The van der Waals surface area contributed by atoms with Crippen molar-refractivity contribution in [1.82, 2.24) is 0 Å². The van der Waals surface area contributed by atoms with E-state index in [9.17, 15) is 18.0 Å². The fourth-order valence-electron chi connectivity index (χ4n) is 3.24. The molecule has 0 saturated carbocycles. The minimum atomic E-state index is -4.52. The summed E-state index contributed by atoms with van der Waals surface area (Å²) in [5.74, 6) is -1.41. The highest BCUT2D eigenvalue weighted by molar-refractivity contribution is 6.30. The average molecular weight is 412 g/mol. The van der Waals surface area contributed by atoms with Crippen LogP contribution in [0, 0.1) is 6.92 Å². The smallest absolute Gasteiger partial charge is 0.393 e. The first kappa shape index (κ1) is 20.2. The molecule has 0 saturated heterocycles. The maximum Gasteiger partial charge on any atom is 0.393 e. The lowest BCUT2D eigenvalue weighted by atomic mass is 9.87. The number of halogens is 4. The Balaban J connectivity index is 1.92. The van der Waals surface area contributed by atoms with Crippen LogP contribution >= 0.6 is 11.6 Å². The molecule has 0 spiro atoms. The molecule has 1 aliphatic heterocycles. The van der Waals surface area contributed by atoms with Crippen LogP contribution < -0.4 is 0 Å². The van der Waals surface area contributed by atoms with E-state index in [2.05, 4.69) is 5.16 Å². The molecule has 3 rings (SSSR count). The van der Waals surface area contributed by atoms with Gasteiger partial charge in [0.2, 0.25) is 0 Å². The summed E-state index contributed by atoms with van der Waals surface area (Å²) in [6.45, 7) is 3.71. The third kappa shape index (κ3) is 4.30. The minimum Gasteiger partial charge on any atom is -0.478 e. The summed E-state index contributed by atoms with van der Waals surface area (Å²) in [4.78, 5) is 16.9. The highest BCUT2D eigenvalue weighted by Gasteiger charge is 2.37. The number of carboxylic acid groups (broad SMARTS) is 1. The van der Waals surface area contributed by atoms with Gasteiger partial charge in [-0.15, -0.1) is 0 Å². The predicted octanol–water partition coefficient (Wildman–Crippen LogP) is 5.49. The first-order valence-corrected chi connectivity index (χ1v) is 8.81. The van der Waals surface area contributed by atoms with E-state index in [4.69, 9.17) is 21.5 Å². The molecule has 0 aliphatic carbocycles. The molecule has 1 unspecified atom stereocenters. The highest BCUT2D eigenvalue weighted by Crippen LogP contribution is 2.38. The van der Waals surface area contributed by atoms with Crippen LogP contribution in [-0.4, -0.2) is 23.0 Å². The molecule has 8 heteroatoms. The molecular weight excluding hydrogens is 395 g/mol. The van der Waals surface area contributed by atoms with Crippen LogP contribution in [0.1, 0.15) is 46.0 Å². The van der Waals surface area contributed by atoms with Gasteiger partial charge in [0.25, 0.3) is 0 Å². The van der Waals surface area contributed by atoms with Crippen molar-refractivity contribution in [2.75, 3.05) is 0 Å². The second-order valence-electron chi connectivity index (χ2n) is 7.02. The van der Waals surface area contributed by atoms with Gasteiger partial charge in [0.15, 0.2) is 5.60 Å². The van der Waals surface area contributed by atoms with Crippen molar-refractivity contribution in [3.63, 3.8) is 0 Å². The van der Waals surface area contributed by atoms with Gasteiger partial charge in [0.05, 0.1) is 17.7 Å². The zero-order valence-corrected chi connectivity index (χ0v) is 15.9. The first-order valence-electron chi connectivity index (χ1n) is 8.43. The SMILES string of the molecule is Cc1cc(Cl)cc(C2(C)CC(c3ccc(C(=O)O)c(CC(F)(F)F)c3)=NO2)c1. The van der Waals surface area contributed by atoms with E-state index in [1.807, 2.05) is 19.9 Å². The number of aryl methyl sites for hydroxylation is 1. The predicted molar refractivity (Wildman–Crippen MR) is 98.9 cm³/mol. The van der Waals surface area contributed by atoms with Crippen molar-refractivity contribution >= 4 is 23.3 Å². The van der Waals surface area contributed by atoms with Gasteiger partial charge in [-0.2, -0.15) is 13.2 Å². The van der Waals surface area contributed by atoms with E-state index >= 15 is 0 Å². The molecule has 2 aromatic carbocycles. The Kier molecular flexibility index (Phi) is 5.14. The van der Waals surface area contributed by atoms with E-state index in [0.717, 1.165) is 11.1 Å². The van der Waals surface area contributed by atoms with Crippen LogP contribution in [0.4, 0.5) is 13.2 Å². The van der Waals surface area contributed by atoms with Crippen molar-refractivity contribution in [1.29, 1.82) is 0 Å². The van der Waals surface area contributed by atoms with Crippen molar-refractivity contribution in [2.24, 2.45) is 5.16 Å². The van der Waals surface area contributed by atoms with E-state index < -0.39 is 24.2 Å². The lowest BCUT2D eigenvalue weighted by molar-refractivity contribution is -0.127. The van der Waals surface area contributed by atoms with Crippen LogP contribution in [0.15, 0.2) is 41.6 Å². The quantitative estimate of drug-likeness (QED) is 0.723. The first-order chi connectivity index (χ1) is 13.0. The van der Waals surface area contributed by atoms with Gasteiger partial charge in [-0.05, 0) is 60.4 Å². The summed E-state index contributed by atoms with van der Waals surface area (Å²) >= 11 is 6.12. The van der Waals surface area contributed by atoms with Gasteiger partial charge in [0, 0.05) is 11.4 Å². The van der Waals surface area contributed by atoms with Crippen LogP contribution in [0.5, 0.6) is 0 Å². The molecule has 1 heterocycles. The lowest BCUT2D eigenvalue weighted by Gasteiger charge is -2.22. The summed E-state index contributed by atoms with van der Waals surface area (Å²) in [5.41, 5.74) is 1.07. The molecule has 0 fully saturated rings. The molecule has 1 aliphatic rings. The molecule has 2 aromatic rings. The molecule has 1 N–H and O–H groups in total. The van der Waals surface area contributed by atoms with Crippen LogP contribution in [0.25, 0.3) is 0 Å². The van der Waals surface area contributed by atoms with Gasteiger partial charge in [0.1, 0.15) is 0 Å². The monoisotopic (exact) mass is 411 g/mol. The summed E-state index contributed by atoms with van der Waals surface area (Å²) in [5, 5.41) is 13.8. The summed E-state index contributed by atoms with van der Waals surface area (Å²) < 4.78 is 38.6. The molecule has 28 heavy (non-hydrogen) atoms. The molecule has 148 valence electrons. The van der Waals surface area contributed by atoms with Crippen LogP contribution in [-0.2, 0) is 16.9 Å². The lowest BCUT2D eigenvalue weighted by Crippen LogP contribution is -2.22. The number of alkyl halides is 3. The normalized spacial score (nSPS) is 19.3. The summed E-state index contributed by atoms with van der Waals surface area (Å²) in [7, 11) is 0. The van der Waals surface area contributed by atoms with E-state index in [1.165, 1.54) is 18.2 Å². The van der Waals surface area contributed by atoms with Gasteiger partial charge in [-0.1, -0.05) is 28.9 Å². The zero-order valence-electron chi connectivity index (χ0n) is 15.1. The molecule has 1 atom stereocenters. The van der Waals surface area contributed by atoms with E-state index in [-0.39, 0.29) is 11.1 Å². The third-order valence-electron chi connectivity index (χ3n) is 4.57. The number of nitrogens with zero attached hydrogens (tertiary/aromatic N) is 1. The Hall–Kier alpha value is -2.54. The van der Waals surface area contributed by atoms with Crippen molar-refractivity contribution < 1.29 is 27.9 Å². The number of benzene rings is 2. The standard InChI is InChI=1S/C20H17ClF3NO3/c1-11-5-14(8-15(21)6-11)19(2)10-17(25-28-19)12-3-4-16(18(26)27)13(7-12)9-20(22,23)24/h3-8H,9-10H2,1-2H3,(H,26,27). The van der Waals surface area contributed by atoms with Crippen molar-refractivity contribution in [3.8, 4) is 0 Å². The molecule has 0 amide bonds. The fraction of sp³-hybridized carbons (Fsp3) is 0.300. The molecule has 0 radical (unpaired) electrons. The number of carbonyl (C=O) groups is 1. The average Bonchev–Trinajstić information content (AvgIpc) is 2.96. The van der Waals surface area contributed by atoms with Gasteiger partial charge in [-0.3, -0.25) is 0 Å². The van der Waals surface area contributed by atoms with Crippen LogP contribution in [0.2, 0.25) is 5.02 Å². The molecule has 0 bridgehead atoms. The number of oxime groups is 1. The number of aromatic carboxylic acids is 1. The van der Waals surface area contributed by atoms with Crippen molar-refractivity contribution in [2.45, 2.75) is 38.5 Å². The van der Waals surface area contributed by atoms with Gasteiger partial charge in [-0.25, -0.2) is 4.79 Å². The zero-order chi connectivity index (χ0) is 20.7. The maximum absolute atomic E-state index is 12.9. The van der Waals surface area contributed by atoms with E-state index in [1.54, 1.807) is 12.1 Å². The van der Waals surface area contributed by atoms with E-state index in [0.29, 0.717) is 22.7 Å². The second kappa shape index (κ2) is 7.13. The molecule has 4 nitrogen and oxygen atoms in total. The number of hydrogen-bond acceptors (Lipinski definition) is 3. The summed E-state index contributed by atoms with van der Waals surface area (Å²) in [6.07, 6.45) is -5.55. The number of rotatable bonds is 4. The van der Waals surface area contributed by atoms with Crippen LogP contribution in [0.3, 0.4) is 0 Å². The van der Waals surface area contributed by atoms with Crippen molar-refractivity contribution in [3.05, 3.63) is 69.2 Å². The third-order valence-corrected chi connectivity index (χ3v) is 4.79. The largest absolute Gasteiger partial charge is 0.478 e. The highest BCUT2D eigenvalue weighted by atomic mass is 35.5. The Morgan fingerprint density at radius 1 is 1.29 bits per heavy atom.